The maximum atomic E-state index is 13.0. The molecule has 1 heterocycles. The lowest BCUT2D eigenvalue weighted by Crippen LogP contribution is -2.36. The molecule has 0 spiro atoms. The van der Waals surface area contributed by atoms with E-state index in [1.54, 1.807) is 12.0 Å². The molecule has 0 saturated carbocycles. The number of thioether (sulfide) groups is 1. The second-order valence-electron chi connectivity index (χ2n) is 6.28. The Labute approximate surface area is 169 Å². The lowest BCUT2D eigenvalue weighted by Gasteiger charge is -2.24. The first-order valence-corrected chi connectivity index (χ1v) is 10.00. The maximum Gasteiger partial charge on any atom is 0.240 e. The molecule has 1 atom stereocenters. The van der Waals surface area contributed by atoms with Crippen molar-refractivity contribution in [2.75, 3.05) is 18.6 Å². The van der Waals surface area contributed by atoms with Gasteiger partial charge in [-0.1, -0.05) is 42.1 Å². The highest BCUT2D eigenvalue weighted by atomic mass is 32.2. The lowest BCUT2D eigenvalue weighted by atomic mass is 10.2. The Morgan fingerprint density at radius 2 is 1.93 bits per heavy atom. The summed E-state index contributed by atoms with van der Waals surface area (Å²) < 4.78 is 7.19. The lowest BCUT2D eigenvalue weighted by molar-refractivity contribution is -0.117. The molecule has 0 radical (unpaired) electrons. The molecule has 0 aliphatic rings. The van der Waals surface area contributed by atoms with E-state index < -0.39 is 0 Å². The van der Waals surface area contributed by atoms with Crippen molar-refractivity contribution in [1.29, 1.82) is 0 Å². The predicted octanol–water partition coefficient (Wildman–Crippen LogP) is 4.02. The van der Waals surface area contributed by atoms with Crippen LogP contribution in [0.25, 0.3) is 11.4 Å². The van der Waals surface area contributed by atoms with Crippen molar-refractivity contribution in [2.45, 2.75) is 24.3 Å². The largest absolute Gasteiger partial charge is 0.497 e. The molecular weight excluding hydrogens is 372 g/mol. The van der Waals surface area contributed by atoms with E-state index in [9.17, 15) is 4.79 Å². The van der Waals surface area contributed by atoms with Gasteiger partial charge in [0, 0.05) is 24.8 Å². The highest BCUT2D eigenvalue weighted by Gasteiger charge is 2.24. The quantitative estimate of drug-likeness (QED) is 0.565. The van der Waals surface area contributed by atoms with Gasteiger partial charge in [0.2, 0.25) is 5.91 Å². The highest BCUT2D eigenvalue weighted by molar-refractivity contribution is 8.00. The van der Waals surface area contributed by atoms with Crippen LogP contribution in [0.2, 0.25) is 0 Å². The Morgan fingerprint density at radius 3 is 2.61 bits per heavy atom. The van der Waals surface area contributed by atoms with Crippen molar-refractivity contribution in [2.24, 2.45) is 7.05 Å². The van der Waals surface area contributed by atoms with Crippen LogP contribution >= 0.6 is 11.8 Å². The van der Waals surface area contributed by atoms with Gasteiger partial charge in [-0.25, -0.2) is 0 Å². The highest BCUT2D eigenvalue weighted by Crippen LogP contribution is 2.29. The van der Waals surface area contributed by atoms with Crippen molar-refractivity contribution in [3.63, 3.8) is 0 Å². The summed E-state index contributed by atoms with van der Waals surface area (Å²) in [5.74, 6) is 1.54. The molecule has 1 unspecified atom stereocenters. The molecule has 0 N–H and O–H groups in total. The van der Waals surface area contributed by atoms with E-state index in [1.165, 1.54) is 11.8 Å². The summed E-state index contributed by atoms with van der Waals surface area (Å²) in [6, 6.07) is 17.4. The molecule has 6 nitrogen and oxygen atoms in total. The van der Waals surface area contributed by atoms with E-state index in [2.05, 4.69) is 10.2 Å². The van der Waals surface area contributed by atoms with Crippen LogP contribution in [0.4, 0.5) is 5.69 Å². The molecule has 2 aromatic carbocycles. The molecule has 0 saturated heterocycles. The maximum absolute atomic E-state index is 13.0. The first-order chi connectivity index (χ1) is 13.5. The van der Waals surface area contributed by atoms with E-state index in [0.717, 1.165) is 22.8 Å². The molecule has 7 heteroatoms. The van der Waals surface area contributed by atoms with Crippen molar-refractivity contribution in [1.82, 2.24) is 14.8 Å². The van der Waals surface area contributed by atoms with Gasteiger partial charge in [-0.2, -0.15) is 0 Å². The zero-order chi connectivity index (χ0) is 20.1. The van der Waals surface area contributed by atoms with E-state index in [0.29, 0.717) is 11.7 Å². The molecule has 146 valence electrons. The Bertz CT molecular complexity index is 943. The van der Waals surface area contributed by atoms with Gasteiger partial charge in [0.15, 0.2) is 11.0 Å². The van der Waals surface area contributed by atoms with Gasteiger partial charge in [0.1, 0.15) is 5.75 Å². The minimum absolute atomic E-state index is 0.0460. The first-order valence-electron chi connectivity index (χ1n) is 9.12. The average Bonchev–Trinajstić information content (AvgIpc) is 3.09. The molecule has 0 aliphatic heterocycles. The molecule has 28 heavy (non-hydrogen) atoms. The van der Waals surface area contributed by atoms with Gasteiger partial charge in [-0.15, -0.1) is 10.2 Å². The number of hydrogen-bond acceptors (Lipinski definition) is 5. The summed E-state index contributed by atoms with van der Waals surface area (Å²) in [5, 5.41) is 9.01. The summed E-state index contributed by atoms with van der Waals surface area (Å²) in [7, 11) is 3.54. The van der Waals surface area contributed by atoms with Crippen molar-refractivity contribution >= 4 is 23.4 Å². The molecular formula is C21H24N4O2S. The number of amides is 1. The second kappa shape index (κ2) is 8.93. The zero-order valence-corrected chi connectivity index (χ0v) is 17.3. The molecule has 0 bridgehead atoms. The second-order valence-corrected chi connectivity index (χ2v) is 7.58. The van der Waals surface area contributed by atoms with Crippen LogP contribution in [0.15, 0.2) is 59.8 Å². The molecule has 0 fully saturated rings. The molecule has 3 aromatic rings. The molecule has 3 rings (SSSR count). The minimum Gasteiger partial charge on any atom is -0.497 e. The van der Waals surface area contributed by atoms with Gasteiger partial charge < -0.3 is 14.2 Å². The number of carbonyl (C=O) groups is 1. The fraction of sp³-hybridized carbons (Fsp3) is 0.286. The first kappa shape index (κ1) is 19.9. The van der Waals surface area contributed by atoms with Crippen molar-refractivity contribution in [3.05, 3.63) is 54.6 Å². The van der Waals surface area contributed by atoms with Crippen LogP contribution in [-0.2, 0) is 11.8 Å². The summed E-state index contributed by atoms with van der Waals surface area (Å²) in [4.78, 5) is 14.8. The fourth-order valence-electron chi connectivity index (χ4n) is 2.93. The summed E-state index contributed by atoms with van der Waals surface area (Å²) in [6.07, 6.45) is 0. The van der Waals surface area contributed by atoms with Gasteiger partial charge in [-0.3, -0.25) is 4.79 Å². The van der Waals surface area contributed by atoms with E-state index in [4.69, 9.17) is 4.74 Å². The zero-order valence-electron chi connectivity index (χ0n) is 16.5. The van der Waals surface area contributed by atoms with E-state index in [1.807, 2.05) is 80.1 Å². The standard InChI is InChI=1S/C21H24N4O2S/c1-5-25(17-11-7-6-8-12-17)20(26)15(2)28-21-23-22-19(24(21)3)16-10-9-13-18(14-16)27-4/h6-15H,5H2,1-4H3. The number of aromatic nitrogens is 3. The smallest absolute Gasteiger partial charge is 0.240 e. The number of rotatable bonds is 7. The van der Waals surface area contributed by atoms with Crippen LogP contribution in [0.3, 0.4) is 0 Å². The fourth-order valence-corrected chi connectivity index (χ4v) is 3.81. The minimum atomic E-state index is -0.291. The number of benzene rings is 2. The predicted molar refractivity (Wildman–Crippen MR) is 113 cm³/mol. The summed E-state index contributed by atoms with van der Waals surface area (Å²) >= 11 is 1.41. The Balaban J connectivity index is 1.78. The third kappa shape index (κ3) is 4.20. The average molecular weight is 397 g/mol. The van der Waals surface area contributed by atoms with Crippen LogP contribution in [0.5, 0.6) is 5.75 Å². The van der Waals surface area contributed by atoms with Crippen molar-refractivity contribution in [3.8, 4) is 17.1 Å². The Hall–Kier alpha value is -2.80. The monoisotopic (exact) mass is 396 g/mol. The molecule has 1 aromatic heterocycles. The van der Waals surface area contributed by atoms with Crippen LogP contribution in [0.1, 0.15) is 13.8 Å². The van der Waals surface area contributed by atoms with E-state index in [-0.39, 0.29) is 11.2 Å². The van der Waals surface area contributed by atoms with Crippen LogP contribution in [-0.4, -0.2) is 39.6 Å². The normalized spacial score (nSPS) is 11.9. The number of anilines is 1. The van der Waals surface area contributed by atoms with Gasteiger partial charge in [-0.05, 0) is 38.1 Å². The molecule has 0 aliphatic carbocycles. The van der Waals surface area contributed by atoms with Gasteiger partial charge in [0.05, 0.1) is 12.4 Å². The van der Waals surface area contributed by atoms with E-state index >= 15 is 0 Å². The third-order valence-corrected chi connectivity index (χ3v) is 5.56. The van der Waals surface area contributed by atoms with Gasteiger partial charge >= 0.3 is 0 Å². The number of ether oxygens (including phenoxy) is 1. The topological polar surface area (TPSA) is 60.3 Å². The molecule has 1 amide bonds. The SMILES string of the molecule is CCN(C(=O)C(C)Sc1nnc(-c2cccc(OC)c2)n1C)c1ccccc1. The summed E-state index contributed by atoms with van der Waals surface area (Å²) in [6.45, 7) is 4.49. The number of nitrogens with zero attached hydrogens (tertiary/aromatic N) is 4. The Kier molecular flexibility index (Phi) is 6.36. The van der Waals surface area contributed by atoms with Gasteiger partial charge in [0.25, 0.3) is 0 Å². The third-order valence-electron chi connectivity index (χ3n) is 4.44. The number of methoxy groups -OCH3 is 1. The number of hydrogen-bond donors (Lipinski definition) is 0. The van der Waals surface area contributed by atoms with Crippen molar-refractivity contribution < 1.29 is 9.53 Å². The Morgan fingerprint density at radius 1 is 1.18 bits per heavy atom. The number of para-hydroxylation sites is 1. The van der Waals surface area contributed by atoms with Crippen LogP contribution < -0.4 is 9.64 Å². The number of carbonyl (C=O) groups excluding carboxylic acids is 1. The van der Waals surface area contributed by atoms with Crippen LogP contribution in [0, 0.1) is 0 Å². The summed E-state index contributed by atoms with van der Waals surface area (Å²) in [5.41, 5.74) is 1.82.